The Morgan fingerprint density at radius 3 is 2.53 bits per heavy atom. The highest BCUT2D eigenvalue weighted by atomic mass is 16.5. The maximum atomic E-state index is 8.91. The fourth-order valence-electron chi connectivity index (χ4n) is 1.55. The minimum Gasteiger partial charge on any atom is -0.470 e. The first-order valence-electron chi connectivity index (χ1n) is 5.57. The molecule has 1 aromatic carbocycles. The van der Waals surface area contributed by atoms with Crippen LogP contribution in [0, 0.1) is 0 Å². The van der Waals surface area contributed by atoms with E-state index in [1.807, 2.05) is 37.3 Å². The second kappa shape index (κ2) is 5.46. The SMILES string of the molecule is CC(Oc1ccc(CO)cn1)c1ccccc1. The van der Waals surface area contributed by atoms with Crippen LogP contribution in [-0.4, -0.2) is 10.1 Å². The van der Waals surface area contributed by atoms with Crippen LogP contribution < -0.4 is 4.74 Å². The number of aliphatic hydroxyl groups is 1. The Morgan fingerprint density at radius 2 is 1.94 bits per heavy atom. The van der Waals surface area contributed by atoms with Crippen LogP contribution in [0.25, 0.3) is 0 Å². The first-order chi connectivity index (χ1) is 8.29. The molecule has 3 heteroatoms. The zero-order valence-corrected chi connectivity index (χ0v) is 9.71. The maximum Gasteiger partial charge on any atom is 0.213 e. The molecule has 1 N–H and O–H groups in total. The van der Waals surface area contributed by atoms with Crippen molar-refractivity contribution in [1.82, 2.24) is 4.98 Å². The highest BCUT2D eigenvalue weighted by molar-refractivity contribution is 5.21. The molecule has 0 saturated carbocycles. The standard InChI is InChI=1S/C14H15NO2/c1-11(13-5-3-2-4-6-13)17-14-8-7-12(10-16)9-15-14/h2-9,11,16H,10H2,1H3. The van der Waals surface area contributed by atoms with Gasteiger partial charge in [-0.3, -0.25) is 0 Å². The van der Waals surface area contributed by atoms with Crippen molar-refractivity contribution in [3.8, 4) is 5.88 Å². The van der Waals surface area contributed by atoms with Crippen LogP contribution >= 0.6 is 0 Å². The number of hydrogen-bond donors (Lipinski definition) is 1. The van der Waals surface area contributed by atoms with Gasteiger partial charge in [0.15, 0.2) is 0 Å². The van der Waals surface area contributed by atoms with E-state index in [-0.39, 0.29) is 12.7 Å². The van der Waals surface area contributed by atoms with Crippen LogP contribution in [-0.2, 0) is 6.61 Å². The molecule has 2 rings (SSSR count). The average molecular weight is 229 g/mol. The molecule has 2 aromatic rings. The van der Waals surface area contributed by atoms with Crippen molar-refractivity contribution in [3.63, 3.8) is 0 Å². The number of ether oxygens (including phenoxy) is 1. The van der Waals surface area contributed by atoms with E-state index in [1.165, 1.54) is 0 Å². The molecule has 0 aliphatic carbocycles. The zero-order chi connectivity index (χ0) is 12.1. The van der Waals surface area contributed by atoms with E-state index in [1.54, 1.807) is 18.3 Å². The van der Waals surface area contributed by atoms with Crippen molar-refractivity contribution in [3.05, 3.63) is 59.8 Å². The van der Waals surface area contributed by atoms with E-state index >= 15 is 0 Å². The smallest absolute Gasteiger partial charge is 0.213 e. The molecule has 0 amide bonds. The molecule has 1 atom stereocenters. The van der Waals surface area contributed by atoms with E-state index in [4.69, 9.17) is 9.84 Å². The lowest BCUT2D eigenvalue weighted by molar-refractivity contribution is 0.217. The molecule has 0 aliphatic rings. The number of hydrogen-bond acceptors (Lipinski definition) is 3. The molecule has 3 nitrogen and oxygen atoms in total. The van der Waals surface area contributed by atoms with Crippen molar-refractivity contribution in [2.75, 3.05) is 0 Å². The third kappa shape index (κ3) is 3.04. The van der Waals surface area contributed by atoms with Crippen molar-refractivity contribution in [1.29, 1.82) is 0 Å². The molecule has 0 fully saturated rings. The van der Waals surface area contributed by atoms with Gasteiger partial charge in [-0.25, -0.2) is 4.98 Å². The van der Waals surface area contributed by atoms with Crippen LogP contribution in [0.5, 0.6) is 5.88 Å². The van der Waals surface area contributed by atoms with Crippen LogP contribution in [0.2, 0.25) is 0 Å². The summed E-state index contributed by atoms with van der Waals surface area (Å²) >= 11 is 0. The van der Waals surface area contributed by atoms with Gasteiger partial charge in [0.05, 0.1) is 6.61 Å². The molecule has 1 heterocycles. The average Bonchev–Trinajstić information content (AvgIpc) is 2.40. The fraction of sp³-hybridized carbons (Fsp3) is 0.214. The Labute approximate surface area is 101 Å². The largest absolute Gasteiger partial charge is 0.470 e. The molecule has 17 heavy (non-hydrogen) atoms. The van der Waals surface area contributed by atoms with E-state index in [0.717, 1.165) is 11.1 Å². The van der Waals surface area contributed by atoms with Gasteiger partial charge in [-0.15, -0.1) is 0 Å². The lowest BCUT2D eigenvalue weighted by Gasteiger charge is -2.14. The minimum absolute atomic E-state index is 0.00151. The normalized spacial score (nSPS) is 12.1. The Bertz CT molecular complexity index is 453. The summed E-state index contributed by atoms with van der Waals surface area (Å²) in [7, 11) is 0. The van der Waals surface area contributed by atoms with Crippen LogP contribution in [0.4, 0.5) is 0 Å². The van der Waals surface area contributed by atoms with E-state index in [2.05, 4.69) is 4.98 Å². The summed E-state index contributed by atoms with van der Waals surface area (Å²) in [5.74, 6) is 0.568. The number of nitrogens with zero attached hydrogens (tertiary/aromatic N) is 1. The summed E-state index contributed by atoms with van der Waals surface area (Å²) < 4.78 is 5.71. The van der Waals surface area contributed by atoms with Gasteiger partial charge in [-0.2, -0.15) is 0 Å². The predicted molar refractivity (Wildman–Crippen MR) is 65.6 cm³/mol. The summed E-state index contributed by atoms with van der Waals surface area (Å²) in [6.45, 7) is 1.98. The molecule has 0 aliphatic heterocycles. The highest BCUT2D eigenvalue weighted by Crippen LogP contribution is 2.19. The first-order valence-corrected chi connectivity index (χ1v) is 5.57. The van der Waals surface area contributed by atoms with Crippen LogP contribution in [0.3, 0.4) is 0 Å². The maximum absolute atomic E-state index is 8.91. The number of aromatic nitrogens is 1. The van der Waals surface area contributed by atoms with E-state index in [9.17, 15) is 0 Å². The molecule has 1 aromatic heterocycles. The van der Waals surface area contributed by atoms with Gasteiger partial charge in [-0.1, -0.05) is 30.3 Å². The number of pyridine rings is 1. The zero-order valence-electron chi connectivity index (χ0n) is 9.71. The topological polar surface area (TPSA) is 42.4 Å². The number of rotatable bonds is 4. The number of aliphatic hydroxyl groups excluding tert-OH is 1. The number of benzene rings is 1. The molecule has 0 saturated heterocycles. The summed E-state index contributed by atoms with van der Waals surface area (Å²) in [5, 5.41) is 8.91. The Hall–Kier alpha value is -1.87. The highest BCUT2D eigenvalue weighted by Gasteiger charge is 2.06. The van der Waals surface area contributed by atoms with E-state index in [0.29, 0.717) is 5.88 Å². The Morgan fingerprint density at radius 1 is 1.18 bits per heavy atom. The van der Waals surface area contributed by atoms with Crippen molar-refractivity contribution < 1.29 is 9.84 Å². The van der Waals surface area contributed by atoms with Gasteiger partial charge >= 0.3 is 0 Å². The summed E-state index contributed by atoms with van der Waals surface area (Å²) in [5.41, 5.74) is 1.89. The van der Waals surface area contributed by atoms with Gasteiger partial charge in [0.2, 0.25) is 5.88 Å². The Balaban J connectivity index is 2.05. The van der Waals surface area contributed by atoms with Crippen molar-refractivity contribution >= 4 is 0 Å². The van der Waals surface area contributed by atoms with Crippen LogP contribution in [0.15, 0.2) is 48.7 Å². The second-order valence-electron chi connectivity index (χ2n) is 3.83. The predicted octanol–water partition coefficient (Wildman–Crippen LogP) is 2.71. The third-order valence-electron chi connectivity index (χ3n) is 2.55. The summed E-state index contributed by atoms with van der Waals surface area (Å²) in [4.78, 5) is 4.13. The van der Waals surface area contributed by atoms with E-state index < -0.39 is 0 Å². The molecular formula is C14H15NO2. The van der Waals surface area contributed by atoms with Gasteiger partial charge < -0.3 is 9.84 Å². The summed E-state index contributed by atoms with van der Waals surface area (Å²) in [6.07, 6.45) is 1.58. The minimum atomic E-state index is -0.0383. The fourth-order valence-corrected chi connectivity index (χ4v) is 1.55. The molecule has 0 radical (unpaired) electrons. The molecular weight excluding hydrogens is 214 g/mol. The quantitative estimate of drug-likeness (QED) is 0.876. The van der Waals surface area contributed by atoms with Gasteiger partial charge in [0.1, 0.15) is 6.10 Å². The molecule has 1 unspecified atom stereocenters. The van der Waals surface area contributed by atoms with Crippen molar-refractivity contribution in [2.24, 2.45) is 0 Å². The third-order valence-corrected chi connectivity index (χ3v) is 2.55. The van der Waals surface area contributed by atoms with Gasteiger partial charge in [0.25, 0.3) is 0 Å². The van der Waals surface area contributed by atoms with Crippen molar-refractivity contribution in [2.45, 2.75) is 19.6 Å². The Kier molecular flexibility index (Phi) is 3.73. The van der Waals surface area contributed by atoms with Gasteiger partial charge in [0, 0.05) is 12.3 Å². The van der Waals surface area contributed by atoms with Gasteiger partial charge in [-0.05, 0) is 24.1 Å². The first kappa shape index (κ1) is 11.6. The lowest BCUT2D eigenvalue weighted by Crippen LogP contribution is -2.04. The lowest BCUT2D eigenvalue weighted by atomic mass is 10.1. The second-order valence-corrected chi connectivity index (χ2v) is 3.83. The molecule has 0 bridgehead atoms. The molecule has 88 valence electrons. The monoisotopic (exact) mass is 229 g/mol. The molecule has 0 spiro atoms. The summed E-state index contributed by atoms with van der Waals surface area (Å²) in [6, 6.07) is 13.6. The van der Waals surface area contributed by atoms with Crippen LogP contribution in [0.1, 0.15) is 24.2 Å².